The molecule has 0 amide bonds. The zero-order valence-corrected chi connectivity index (χ0v) is 11.0. The standard InChI is InChI=1S/C15H24O/c1-10(2)11-5-7-14(3)12-6-8-15(4,16-14)13(12)9-11/h9-10,12-13H,5-8H2,1-4H3/t12-,13-,14+,15+/m0/s1. The van der Waals surface area contributed by atoms with Crippen molar-refractivity contribution < 1.29 is 4.74 Å². The van der Waals surface area contributed by atoms with E-state index in [9.17, 15) is 0 Å². The molecule has 0 aromatic rings. The first-order valence-electron chi connectivity index (χ1n) is 6.85. The molecule has 0 spiro atoms. The Hall–Kier alpha value is -0.300. The SMILES string of the molecule is CC(C)C1=C[C@H]2[C@@H]3CC[C@@]2(C)O[C@]3(C)CC1. The molecule has 0 N–H and O–H groups in total. The van der Waals surface area contributed by atoms with E-state index in [1.54, 1.807) is 5.57 Å². The predicted molar refractivity (Wildman–Crippen MR) is 66.3 cm³/mol. The summed E-state index contributed by atoms with van der Waals surface area (Å²) in [7, 11) is 0. The van der Waals surface area contributed by atoms with Crippen LogP contribution in [0.1, 0.15) is 53.4 Å². The summed E-state index contributed by atoms with van der Waals surface area (Å²) in [4.78, 5) is 0. The third-order valence-electron chi connectivity index (χ3n) is 5.39. The molecule has 1 nitrogen and oxygen atoms in total. The van der Waals surface area contributed by atoms with Gasteiger partial charge in [-0.2, -0.15) is 0 Å². The van der Waals surface area contributed by atoms with Crippen molar-refractivity contribution in [2.75, 3.05) is 0 Å². The molecule has 1 saturated carbocycles. The van der Waals surface area contributed by atoms with E-state index >= 15 is 0 Å². The third-order valence-corrected chi connectivity index (χ3v) is 5.39. The highest BCUT2D eigenvalue weighted by Gasteiger charge is 2.61. The summed E-state index contributed by atoms with van der Waals surface area (Å²) in [5.74, 6) is 2.19. The zero-order valence-electron chi connectivity index (χ0n) is 11.0. The summed E-state index contributed by atoms with van der Waals surface area (Å²) in [5, 5.41) is 0. The highest BCUT2D eigenvalue weighted by molar-refractivity contribution is 5.23. The van der Waals surface area contributed by atoms with Crippen molar-refractivity contribution in [1.82, 2.24) is 0 Å². The minimum Gasteiger partial charge on any atom is -0.368 e. The van der Waals surface area contributed by atoms with Gasteiger partial charge in [0, 0.05) is 5.92 Å². The molecule has 90 valence electrons. The van der Waals surface area contributed by atoms with E-state index in [1.165, 1.54) is 25.7 Å². The maximum Gasteiger partial charge on any atom is 0.0728 e. The van der Waals surface area contributed by atoms with Crippen LogP contribution in [0.5, 0.6) is 0 Å². The van der Waals surface area contributed by atoms with Crippen LogP contribution in [0.25, 0.3) is 0 Å². The smallest absolute Gasteiger partial charge is 0.0728 e. The Labute approximate surface area is 99.3 Å². The highest BCUT2D eigenvalue weighted by atomic mass is 16.5. The molecule has 0 radical (unpaired) electrons. The lowest BCUT2D eigenvalue weighted by Gasteiger charge is -2.37. The van der Waals surface area contributed by atoms with Crippen molar-refractivity contribution in [3.05, 3.63) is 11.6 Å². The largest absolute Gasteiger partial charge is 0.368 e. The van der Waals surface area contributed by atoms with Gasteiger partial charge in [-0.25, -0.2) is 0 Å². The summed E-state index contributed by atoms with van der Waals surface area (Å²) in [6, 6.07) is 0. The van der Waals surface area contributed by atoms with Crippen molar-refractivity contribution in [1.29, 1.82) is 0 Å². The molecular weight excluding hydrogens is 196 g/mol. The van der Waals surface area contributed by atoms with Gasteiger partial charge in [0.2, 0.25) is 0 Å². The maximum atomic E-state index is 6.42. The molecule has 1 heterocycles. The van der Waals surface area contributed by atoms with Crippen LogP contribution in [0.15, 0.2) is 11.6 Å². The average Bonchev–Trinajstić information content (AvgIpc) is 2.50. The minimum absolute atomic E-state index is 0.153. The summed E-state index contributed by atoms with van der Waals surface area (Å²) in [6.07, 6.45) is 7.70. The number of hydrogen-bond acceptors (Lipinski definition) is 1. The van der Waals surface area contributed by atoms with E-state index in [-0.39, 0.29) is 11.2 Å². The highest BCUT2D eigenvalue weighted by Crippen LogP contribution is 2.61. The van der Waals surface area contributed by atoms with Crippen molar-refractivity contribution in [2.45, 2.75) is 64.6 Å². The first-order valence-corrected chi connectivity index (χ1v) is 6.85. The van der Waals surface area contributed by atoms with E-state index in [1.807, 2.05) is 0 Å². The number of rotatable bonds is 1. The Morgan fingerprint density at radius 1 is 1.25 bits per heavy atom. The minimum atomic E-state index is 0.153. The maximum absolute atomic E-state index is 6.42. The van der Waals surface area contributed by atoms with Crippen LogP contribution in [0.3, 0.4) is 0 Å². The molecule has 16 heavy (non-hydrogen) atoms. The van der Waals surface area contributed by atoms with Crippen LogP contribution in [0.4, 0.5) is 0 Å². The molecule has 1 saturated heterocycles. The summed E-state index contributed by atoms with van der Waals surface area (Å²) in [6.45, 7) is 9.35. The fraction of sp³-hybridized carbons (Fsp3) is 0.867. The molecule has 4 atom stereocenters. The second kappa shape index (κ2) is 3.13. The van der Waals surface area contributed by atoms with E-state index in [0.717, 1.165) is 5.92 Å². The molecule has 3 aliphatic rings. The fourth-order valence-corrected chi connectivity index (χ4v) is 4.34. The topological polar surface area (TPSA) is 9.23 Å². The number of hydrogen-bond donors (Lipinski definition) is 0. The van der Waals surface area contributed by atoms with Gasteiger partial charge in [0.1, 0.15) is 0 Å². The van der Waals surface area contributed by atoms with Gasteiger partial charge in [0.25, 0.3) is 0 Å². The van der Waals surface area contributed by atoms with Gasteiger partial charge in [-0.05, 0) is 51.4 Å². The monoisotopic (exact) mass is 220 g/mol. The van der Waals surface area contributed by atoms with Crippen LogP contribution in [-0.4, -0.2) is 11.2 Å². The number of allylic oxidation sites excluding steroid dienone is 1. The summed E-state index contributed by atoms with van der Waals surface area (Å²) in [5.41, 5.74) is 2.00. The molecular formula is C15H24O. The Kier molecular flexibility index (Phi) is 2.12. The van der Waals surface area contributed by atoms with Crippen LogP contribution >= 0.6 is 0 Å². The van der Waals surface area contributed by atoms with E-state index in [2.05, 4.69) is 33.8 Å². The molecule has 1 heteroatoms. The molecule has 0 aromatic carbocycles. The lowest BCUT2D eigenvalue weighted by molar-refractivity contribution is -0.128. The van der Waals surface area contributed by atoms with Crippen molar-refractivity contribution in [3.8, 4) is 0 Å². The summed E-state index contributed by atoms with van der Waals surface area (Å²) < 4.78 is 6.42. The number of ether oxygens (including phenoxy) is 1. The van der Waals surface area contributed by atoms with Crippen molar-refractivity contribution >= 4 is 0 Å². The second-order valence-corrected chi connectivity index (χ2v) is 6.79. The van der Waals surface area contributed by atoms with Crippen LogP contribution in [0.2, 0.25) is 0 Å². The third kappa shape index (κ3) is 1.27. The summed E-state index contributed by atoms with van der Waals surface area (Å²) >= 11 is 0. The Balaban J connectivity index is 2.02. The molecule has 0 unspecified atom stereocenters. The van der Waals surface area contributed by atoms with E-state index in [4.69, 9.17) is 4.74 Å². The van der Waals surface area contributed by atoms with Gasteiger partial charge in [-0.15, -0.1) is 0 Å². The van der Waals surface area contributed by atoms with Crippen LogP contribution in [0, 0.1) is 17.8 Å². The molecule has 3 rings (SSSR count). The first-order chi connectivity index (χ1) is 7.45. The first kappa shape index (κ1) is 10.8. The Bertz CT molecular complexity index is 343. The van der Waals surface area contributed by atoms with E-state index in [0.29, 0.717) is 11.8 Å². The lowest BCUT2D eigenvalue weighted by atomic mass is 9.81. The van der Waals surface area contributed by atoms with Crippen LogP contribution in [-0.2, 0) is 4.74 Å². The Morgan fingerprint density at radius 3 is 2.69 bits per heavy atom. The molecule has 0 aromatic heterocycles. The molecule has 1 aliphatic heterocycles. The van der Waals surface area contributed by atoms with Gasteiger partial charge in [0.15, 0.2) is 0 Å². The molecule has 2 fully saturated rings. The normalized spacial score (nSPS) is 50.7. The van der Waals surface area contributed by atoms with E-state index < -0.39 is 0 Å². The van der Waals surface area contributed by atoms with Crippen molar-refractivity contribution in [2.24, 2.45) is 17.8 Å². The van der Waals surface area contributed by atoms with Crippen LogP contribution < -0.4 is 0 Å². The van der Waals surface area contributed by atoms with Gasteiger partial charge >= 0.3 is 0 Å². The quantitative estimate of drug-likeness (QED) is 0.608. The average molecular weight is 220 g/mol. The van der Waals surface area contributed by atoms with Gasteiger partial charge in [0.05, 0.1) is 11.2 Å². The molecule has 2 aliphatic carbocycles. The van der Waals surface area contributed by atoms with Crippen molar-refractivity contribution in [3.63, 3.8) is 0 Å². The zero-order chi connectivity index (χ0) is 11.6. The van der Waals surface area contributed by atoms with Gasteiger partial charge in [-0.1, -0.05) is 25.5 Å². The molecule has 4 bridgehead atoms. The van der Waals surface area contributed by atoms with Gasteiger partial charge < -0.3 is 4.74 Å². The Morgan fingerprint density at radius 2 is 2.00 bits per heavy atom. The lowest BCUT2D eigenvalue weighted by Crippen LogP contribution is -2.38. The fourth-order valence-electron chi connectivity index (χ4n) is 4.34. The predicted octanol–water partition coefficient (Wildman–Crippen LogP) is 3.94. The van der Waals surface area contributed by atoms with Gasteiger partial charge in [-0.3, -0.25) is 0 Å². The second-order valence-electron chi connectivity index (χ2n) is 6.79.